The lowest BCUT2D eigenvalue weighted by molar-refractivity contribution is 1.35. The number of nitrogens with zero attached hydrogens (tertiary/aromatic N) is 1. The highest BCUT2D eigenvalue weighted by atomic mass is 35.5. The van der Waals surface area contributed by atoms with Gasteiger partial charge < -0.3 is 5.73 Å². The van der Waals surface area contributed by atoms with Crippen molar-refractivity contribution in [3.63, 3.8) is 0 Å². The molecule has 0 bridgehead atoms. The Morgan fingerprint density at radius 3 is 2.58 bits per heavy atom. The molecular weight excluding hydrogens is 172 g/mol. The van der Waals surface area contributed by atoms with E-state index in [1.54, 1.807) is 0 Å². The Morgan fingerprint density at radius 2 is 2.00 bits per heavy atom. The molecule has 0 amide bonds. The smallest absolute Gasteiger partial charge is 0.0860 e. The number of hydrogen-bond donors (Lipinski definition) is 1. The van der Waals surface area contributed by atoms with Gasteiger partial charge in [0.05, 0.1) is 12.0 Å². The van der Waals surface area contributed by atoms with Crippen LogP contribution in [0.25, 0.3) is 0 Å². The number of aryl methyl sites for hydroxylation is 2. The molecule has 0 atom stereocenters. The van der Waals surface area contributed by atoms with Crippen molar-refractivity contribution in [2.45, 2.75) is 13.8 Å². The molecule has 1 aromatic rings. The zero-order valence-corrected chi connectivity index (χ0v) is 7.89. The van der Waals surface area contributed by atoms with Gasteiger partial charge in [-0.1, -0.05) is 17.7 Å². The average molecular weight is 183 g/mol. The Balaban J connectivity index is 3.23. The molecule has 0 radical (unpaired) electrons. The van der Waals surface area contributed by atoms with E-state index in [9.17, 15) is 0 Å². The minimum Gasteiger partial charge on any atom is -0.390 e. The van der Waals surface area contributed by atoms with Gasteiger partial charge in [-0.05, 0) is 31.0 Å². The van der Waals surface area contributed by atoms with E-state index in [0.717, 1.165) is 21.8 Å². The van der Waals surface area contributed by atoms with Crippen molar-refractivity contribution in [2.75, 3.05) is 0 Å². The van der Waals surface area contributed by atoms with Gasteiger partial charge in [0.2, 0.25) is 0 Å². The normalized spacial score (nSPS) is 10.9. The van der Waals surface area contributed by atoms with Crippen molar-refractivity contribution in [3.05, 3.63) is 28.3 Å². The zero-order valence-electron chi connectivity index (χ0n) is 7.13. The molecule has 0 aromatic heterocycles. The van der Waals surface area contributed by atoms with Gasteiger partial charge in [0, 0.05) is 5.02 Å². The maximum Gasteiger partial charge on any atom is 0.0860 e. The van der Waals surface area contributed by atoms with Crippen molar-refractivity contribution in [1.29, 1.82) is 0 Å². The first kappa shape index (κ1) is 9.07. The maximum atomic E-state index is 5.91. The molecule has 1 aromatic carbocycles. The molecule has 0 aliphatic heterocycles. The average Bonchev–Trinajstić information content (AvgIpc) is 2.01. The third-order valence-electron chi connectivity index (χ3n) is 1.69. The van der Waals surface area contributed by atoms with Crippen molar-refractivity contribution < 1.29 is 0 Å². The molecule has 0 spiro atoms. The highest BCUT2D eigenvalue weighted by molar-refractivity contribution is 6.31. The summed E-state index contributed by atoms with van der Waals surface area (Å²) in [5.74, 6) is 0. The summed E-state index contributed by atoms with van der Waals surface area (Å²) in [5.41, 5.74) is 8.15. The second-order valence-electron chi connectivity index (χ2n) is 2.67. The summed E-state index contributed by atoms with van der Waals surface area (Å²) in [4.78, 5) is 3.98. The molecule has 0 heterocycles. The maximum absolute atomic E-state index is 5.91. The summed E-state index contributed by atoms with van der Waals surface area (Å²) < 4.78 is 0. The molecule has 0 saturated heterocycles. The molecular formula is C9H11ClN2. The minimum absolute atomic E-state index is 0.723. The van der Waals surface area contributed by atoms with Gasteiger partial charge in [-0.2, -0.15) is 0 Å². The van der Waals surface area contributed by atoms with Crippen LogP contribution < -0.4 is 5.73 Å². The zero-order chi connectivity index (χ0) is 9.14. The standard InChI is InChI=1S/C9H11ClN2/c1-6-3-7(2)9(12-5-11)4-8(6)10/h3-5H,1-2H3,(H2,11,12). The summed E-state index contributed by atoms with van der Waals surface area (Å²) in [5, 5.41) is 0.723. The first-order chi connectivity index (χ1) is 5.65. The third kappa shape index (κ3) is 1.77. The molecule has 12 heavy (non-hydrogen) atoms. The molecule has 0 aliphatic rings. The van der Waals surface area contributed by atoms with Crippen molar-refractivity contribution in [1.82, 2.24) is 0 Å². The second kappa shape index (κ2) is 3.59. The van der Waals surface area contributed by atoms with Crippen molar-refractivity contribution >= 4 is 23.6 Å². The third-order valence-corrected chi connectivity index (χ3v) is 2.10. The van der Waals surface area contributed by atoms with Crippen LogP contribution in [0.1, 0.15) is 11.1 Å². The molecule has 0 unspecified atom stereocenters. The summed E-state index contributed by atoms with van der Waals surface area (Å²) in [7, 11) is 0. The Bertz CT molecular complexity index is 319. The van der Waals surface area contributed by atoms with Crippen LogP contribution in [-0.4, -0.2) is 6.34 Å². The number of aliphatic imine (C=N–C) groups is 1. The Morgan fingerprint density at radius 1 is 1.33 bits per heavy atom. The fourth-order valence-corrected chi connectivity index (χ4v) is 1.19. The quantitative estimate of drug-likeness (QED) is 0.526. The summed E-state index contributed by atoms with van der Waals surface area (Å²) in [6.07, 6.45) is 1.27. The molecule has 0 saturated carbocycles. The number of benzene rings is 1. The van der Waals surface area contributed by atoms with E-state index in [1.807, 2.05) is 26.0 Å². The first-order valence-electron chi connectivity index (χ1n) is 3.66. The number of halogens is 1. The summed E-state index contributed by atoms with van der Waals surface area (Å²) in [6.45, 7) is 3.94. The van der Waals surface area contributed by atoms with E-state index in [0.29, 0.717) is 0 Å². The van der Waals surface area contributed by atoms with E-state index in [1.165, 1.54) is 6.34 Å². The lowest BCUT2D eigenvalue weighted by Crippen LogP contribution is -1.88. The predicted octanol–water partition coefficient (Wildman–Crippen LogP) is 2.58. The van der Waals surface area contributed by atoms with E-state index in [4.69, 9.17) is 17.3 Å². The van der Waals surface area contributed by atoms with Gasteiger partial charge in [-0.3, -0.25) is 0 Å². The van der Waals surface area contributed by atoms with Crippen LogP contribution in [0.15, 0.2) is 17.1 Å². The van der Waals surface area contributed by atoms with Gasteiger partial charge in [-0.15, -0.1) is 0 Å². The topological polar surface area (TPSA) is 38.4 Å². The van der Waals surface area contributed by atoms with Gasteiger partial charge in [-0.25, -0.2) is 4.99 Å². The van der Waals surface area contributed by atoms with Crippen LogP contribution in [0.4, 0.5) is 5.69 Å². The Hall–Kier alpha value is -1.02. The van der Waals surface area contributed by atoms with Crippen LogP contribution in [0.3, 0.4) is 0 Å². The van der Waals surface area contributed by atoms with Gasteiger partial charge in [0.15, 0.2) is 0 Å². The van der Waals surface area contributed by atoms with Crippen LogP contribution in [0, 0.1) is 13.8 Å². The monoisotopic (exact) mass is 182 g/mol. The highest BCUT2D eigenvalue weighted by Crippen LogP contribution is 2.25. The van der Waals surface area contributed by atoms with E-state index >= 15 is 0 Å². The fraction of sp³-hybridized carbons (Fsp3) is 0.222. The molecule has 3 heteroatoms. The molecule has 2 nitrogen and oxygen atoms in total. The van der Waals surface area contributed by atoms with Crippen LogP contribution in [-0.2, 0) is 0 Å². The largest absolute Gasteiger partial charge is 0.390 e. The SMILES string of the molecule is Cc1cc(C)c(N=CN)cc1Cl. The number of nitrogens with two attached hydrogens (primary N) is 1. The fourth-order valence-electron chi connectivity index (χ4n) is 1.03. The van der Waals surface area contributed by atoms with Crippen LogP contribution in [0.5, 0.6) is 0 Å². The van der Waals surface area contributed by atoms with Crippen molar-refractivity contribution in [2.24, 2.45) is 10.7 Å². The Kier molecular flexibility index (Phi) is 2.71. The van der Waals surface area contributed by atoms with E-state index in [-0.39, 0.29) is 0 Å². The lowest BCUT2D eigenvalue weighted by Gasteiger charge is -2.03. The van der Waals surface area contributed by atoms with Crippen molar-refractivity contribution in [3.8, 4) is 0 Å². The van der Waals surface area contributed by atoms with Gasteiger partial charge >= 0.3 is 0 Å². The Labute approximate surface area is 77.1 Å². The van der Waals surface area contributed by atoms with E-state index < -0.39 is 0 Å². The highest BCUT2D eigenvalue weighted by Gasteiger charge is 2.00. The van der Waals surface area contributed by atoms with Gasteiger partial charge in [0.25, 0.3) is 0 Å². The summed E-state index contributed by atoms with van der Waals surface area (Å²) in [6, 6.07) is 3.81. The molecule has 2 N–H and O–H groups in total. The number of rotatable bonds is 1. The number of hydrogen-bond acceptors (Lipinski definition) is 1. The van der Waals surface area contributed by atoms with Gasteiger partial charge in [0.1, 0.15) is 0 Å². The van der Waals surface area contributed by atoms with Crippen LogP contribution in [0.2, 0.25) is 5.02 Å². The molecule has 0 fully saturated rings. The lowest BCUT2D eigenvalue weighted by atomic mass is 10.1. The second-order valence-corrected chi connectivity index (χ2v) is 3.07. The van der Waals surface area contributed by atoms with E-state index in [2.05, 4.69) is 4.99 Å². The first-order valence-corrected chi connectivity index (χ1v) is 4.04. The minimum atomic E-state index is 0.723. The predicted molar refractivity (Wildman–Crippen MR) is 53.3 cm³/mol. The molecule has 64 valence electrons. The van der Waals surface area contributed by atoms with Crippen LogP contribution >= 0.6 is 11.6 Å². The molecule has 0 aliphatic carbocycles. The molecule has 1 rings (SSSR count). The summed E-state index contributed by atoms with van der Waals surface area (Å²) >= 11 is 5.91.